The fraction of sp³-hybridized carbons (Fsp3) is 0.0714. The number of benzene rings is 2. The molecule has 0 aromatic heterocycles. The Morgan fingerprint density at radius 3 is 2.68 bits per heavy atom. The zero-order valence-corrected chi connectivity index (χ0v) is 9.89. The fourth-order valence-electron chi connectivity index (χ4n) is 2.04. The SMILES string of the molecule is Nc1cc(F)c2c(c1)NC(=O)C(c1ccccc1)O2. The number of hydrogen-bond acceptors (Lipinski definition) is 3. The molecule has 0 aliphatic carbocycles. The number of ether oxygens (including phenoxy) is 1. The smallest absolute Gasteiger partial charge is 0.270 e. The van der Waals surface area contributed by atoms with Gasteiger partial charge in [-0.05, 0) is 6.07 Å². The number of nitrogens with two attached hydrogens (primary N) is 1. The first-order chi connectivity index (χ1) is 9.15. The number of halogens is 1. The van der Waals surface area contributed by atoms with E-state index in [2.05, 4.69) is 5.32 Å². The van der Waals surface area contributed by atoms with Crippen molar-refractivity contribution in [1.82, 2.24) is 0 Å². The Morgan fingerprint density at radius 1 is 1.21 bits per heavy atom. The lowest BCUT2D eigenvalue weighted by molar-refractivity contribution is -0.123. The lowest BCUT2D eigenvalue weighted by atomic mass is 10.1. The van der Waals surface area contributed by atoms with Crippen LogP contribution < -0.4 is 15.8 Å². The molecule has 0 radical (unpaired) electrons. The van der Waals surface area contributed by atoms with Gasteiger partial charge in [-0.15, -0.1) is 0 Å². The molecule has 1 aliphatic rings. The summed E-state index contributed by atoms with van der Waals surface area (Å²) in [5, 5.41) is 2.61. The predicted octanol–water partition coefficient (Wildman–Crippen LogP) is 2.48. The number of nitrogens with one attached hydrogen (secondary N) is 1. The Balaban J connectivity index is 2.03. The van der Waals surface area contributed by atoms with Gasteiger partial charge in [-0.3, -0.25) is 4.79 Å². The van der Waals surface area contributed by atoms with Crippen molar-refractivity contribution >= 4 is 17.3 Å². The van der Waals surface area contributed by atoms with E-state index >= 15 is 0 Å². The largest absolute Gasteiger partial charge is 0.471 e. The van der Waals surface area contributed by atoms with Crippen molar-refractivity contribution in [3.05, 3.63) is 53.8 Å². The highest BCUT2D eigenvalue weighted by atomic mass is 19.1. The summed E-state index contributed by atoms with van der Waals surface area (Å²) in [6, 6.07) is 11.6. The van der Waals surface area contributed by atoms with Crippen LogP contribution in [0.15, 0.2) is 42.5 Å². The molecular weight excluding hydrogens is 247 g/mol. The van der Waals surface area contributed by atoms with Crippen LogP contribution in [0.1, 0.15) is 11.7 Å². The van der Waals surface area contributed by atoms with Crippen LogP contribution in [0.4, 0.5) is 15.8 Å². The predicted molar refractivity (Wildman–Crippen MR) is 69.3 cm³/mol. The second-order valence-corrected chi connectivity index (χ2v) is 4.28. The number of carbonyl (C=O) groups is 1. The van der Waals surface area contributed by atoms with E-state index in [1.165, 1.54) is 12.1 Å². The van der Waals surface area contributed by atoms with Crippen molar-refractivity contribution < 1.29 is 13.9 Å². The molecule has 1 unspecified atom stereocenters. The molecular formula is C14H11FN2O2. The van der Waals surface area contributed by atoms with E-state index in [-0.39, 0.29) is 23.0 Å². The number of amides is 1. The quantitative estimate of drug-likeness (QED) is 0.772. The molecule has 0 saturated carbocycles. The lowest BCUT2D eigenvalue weighted by Gasteiger charge is -2.26. The Labute approximate surface area is 109 Å². The first kappa shape index (κ1) is 11.5. The zero-order chi connectivity index (χ0) is 13.4. The Bertz CT molecular complexity index is 643. The molecule has 2 aromatic carbocycles. The molecule has 2 aromatic rings. The average molecular weight is 258 g/mol. The number of rotatable bonds is 1. The third-order valence-corrected chi connectivity index (χ3v) is 2.90. The van der Waals surface area contributed by atoms with Crippen LogP contribution in [0.5, 0.6) is 5.75 Å². The van der Waals surface area contributed by atoms with E-state index < -0.39 is 11.9 Å². The van der Waals surface area contributed by atoms with Crippen LogP contribution in [0, 0.1) is 5.82 Å². The summed E-state index contributed by atoms with van der Waals surface area (Å²) >= 11 is 0. The summed E-state index contributed by atoms with van der Waals surface area (Å²) in [4.78, 5) is 12.0. The normalized spacial score (nSPS) is 17.3. The number of nitrogen functional groups attached to an aromatic ring is 1. The summed E-state index contributed by atoms with van der Waals surface area (Å²) in [6.45, 7) is 0. The van der Waals surface area contributed by atoms with Crippen molar-refractivity contribution in [3.63, 3.8) is 0 Å². The molecule has 4 nitrogen and oxygen atoms in total. The van der Waals surface area contributed by atoms with Crippen molar-refractivity contribution in [2.24, 2.45) is 0 Å². The minimum atomic E-state index is -0.855. The van der Waals surface area contributed by atoms with Crippen LogP contribution >= 0.6 is 0 Å². The molecule has 3 rings (SSSR count). The van der Waals surface area contributed by atoms with Gasteiger partial charge in [0.1, 0.15) is 0 Å². The summed E-state index contributed by atoms with van der Waals surface area (Å²) < 4.78 is 19.3. The summed E-state index contributed by atoms with van der Waals surface area (Å²) in [7, 11) is 0. The van der Waals surface area contributed by atoms with Crippen molar-refractivity contribution in [2.45, 2.75) is 6.10 Å². The molecule has 0 fully saturated rings. The summed E-state index contributed by atoms with van der Waals surface area (Å²) in [6.07, 6.45) is -0.855. The molecule has 0 saturated heterocycles. The van der Waals surface area contributed by atoms with Gasteiger partial charge in [0.2, 0.25) is 6.10 Å². The summed E-state index contributed by atoms with van der Waals surface area (Å²) in [5.74, 6) is -0.915. The zero-order valence-electron chi connectivity index (χ0n) is 9.89. The molecule has 19 heavy (non-hydrogen) atoms. The van der Waals surface area contributed by atoms with E-state index in [1.807, 2.05) is 6.07 Å². The van der Waals surface area contributed by atoms with Gasteiger partial charge in [-0.2, -0.15) is 0 Å². The van der Waals surface area contributed by atoms with Crippen LogP contribution in [0.2, 0.25) is 0 Å². The molecule has 0 spiro atoms. The van der Waals surface area contributed by atoms with Gasteiger partial charge in [0.15, 0.2) is 11.6 Å². The van der Waals surface area contributed by atoms with Gasteiger partial charge >= 0.3 is 0 Å². The van der Waals surface area contributed by atoms with Gasteiger partial charge in [-0.1, -0.05) is 30.3 Å². The minimum absolute atomic E-state index is 0.0163. The molecule has 96 valence electrons. The topological polar surface area (TPSA) is 64.3 Å². The van der Waals surface area contributed by atoms with Crippen LogP contribution in [0.25, 0.3) is 0 Å². The van der Waals surface area contributed by atoms with Crippen LogP contribution in [0.3, 0.4) is 0 Å². The molecule has 0 bridgehead atoms. The van der Waals surface area contributed by atoms with E-state index in [1.54, 1.807) is 24.3 Å². The van der Waals surface area contributed by atoms with E-state index in [9.17, 15) is 9.18 Å². The minimum Gasteiger partial charge on any atom is -0.471 e. The van der Waals surface area contributed by atoms with Crippen molar-refractivity contribution in [2.75, 3.05) is 11.1 Å². The van der Waals surface area contributed by atoms with Gasteiger partial charge < -0.3 is 15.8 Å². The first-order valence-electron chi connectivity index (χ1n) is 5.76. The third-order valence-electron chi connectivity index (χ3n) is 2.90. The maximum Gasteiger partial charge on any atom is 0.270 e. The van der Waals surface area contributed by atoms with E-state index in [0.29, 0.717) is 5.56 Å². The average Bonchev–Trinajstić information content (AvgIpc) is 2.38. The van der Waals surface area contributed by atoms with Crippen LogP contribution in [-0.2, 0) is 4.79 Å². The monoisotopic (exact) mass is 258 g/mol. The van der Waals surface area contributed by atoms with E-state index in [4.69, 9.17) is 10.5 Å². The highest BCUT2D eigenvalue weighted by Gasteiger charge is 2.31. The second kappa shape index (κ2) is 4.28. The molecule has 3 N–H and O–H groups in total. The first-order valence-corrected chi connectivity index (χ1v) is 5.76. The highest BCUT2D eigenvalue weighted by Crippen LogP contribution is 2.38. The van der Waals surface area contributed by atoms with Crippen molar-refractivity contribution in [1.29, 1.82) is 0 Å². The second-order valence-electron chi connectivity index (χ2n) is 4.28. The Hall–Kier alpha value is -2.56. The maximum atomic E-state index is 13.8. The van der Waals surface area contributed by atoms with Gasteiger partial charge in [-0.25, -0.2) is 4.39 Å². The number of carbonyl (C=O) groups excluding carboxylic acids is 1. The number of hydrogen-bond donors (Lipinski definition) is 2. The molecule has 1 atom stereocenters. The van der Waals surface area contributed by atoms with Crippen molar-refractivity contribution in [3.8, 4) is 5.75 Å². The molecule has 1 amide bonds. The van der Waals surface area contributed by atoms with Gasteiger partial charge in [0, 0.05) is 17.3 Å². The van der Waals surface area contributed by atoms with Gasteiger partial charge in [0.05, 0.1) is 5.69 Å². The standard InChI is InChI=1S/C14H11FN2O2/c15-10-6-9(16)7-11-13(10)19-12(14(18)17-11)8-4-2-1-3-5-8/h1-7,12H,16H2,(H,17,18). The van der Waals surface area contributed by atoms with Gasteiger partial charge in [0.25, 0.3) is 5.91 Å². The number of fused-ring (bicyclic) bond motifs is 1. The Kier molecular flexibility index (Phi) is 2.59. The number of anilines is 2. The van der Waals surface area contributed by atoms with Crippen LogP contribution in [-0.4, -0.2) is 5.91 Å². The molecule has 1 heterocycles. The molecule has 1 aliphatic heterocycles. The summed E-state index contributed by atoms with van der Waals surface area (Å²) in [5.41, 5.74) is 6.69. The van der Waals surface area contributed by atoms with E-state index in [0.717, 1.165) is 0 Å². The third kappa shape index (κ3) is 1.99. The highest BCUT2D eigenvalue weighted by molar-refractivity contribution is 5.98. The maximum absolute atomic E-state index is 13.8. The fourth-order valence-corrected chi connectivity index (χ4v) is 2.04. The lowest BCUT2D eigenvalue weighted by Crippen LogP contribution is -2.30. The Morgan fingerprint density at radius 2 is 1.95 bits per heavy atom. The molecule has 5 heteroatoms.